The van der Waals surface area contributed by atoms with Gasteiger partial charge in [-0.2, -0.15) is 0 Å². The van der Waals surface area contributed by atoms with Gasteiger partial charge in [-0.15, -0.1) is 12.4 Å². The molecule has 96 valence electrons. The standard InChI is InChI=1S/C12H18N2O2.ClH/c1-12(2,13)8-14-11(15)9-6-4-5-7-10(9)16-3;/h4-7H,8,13H2,1-3H3,(H,14,15);1H. The average Bonchev–Trinajstić information content (AvgIpc) is 2.25. The van der Waals surface area contributed by atoms with Crippen LogP contribution in [-0.2, 0) is 0 Å². The Morgan fingerprint density at radius 3 is 2.53 bits per heavy atom. The smallest absolute Gasteiger partial charge is 0.255 e. The zero-order chi connectivity index (χ0) is 12.2. The van der Waals surface area contributed by atoms with Crippen LogP contribution in [0.1, 0.15) is 24.2 Å². The van der Waals surface area contributed by atoms with Gasteiger partial charge in [-0.25, -0.2) is 0 Å². The van der Waals surface area contributed by atoms with E-state index in [1.165, 1.54) is 0 Å². The zero-order valence-corrected chi connectivity index (χ0v) is 11.1. The van der Waals surface area contributed by atoms with Crippen LogP contribution >= 0.6 is 12.4 Å². The van der Waals surface area contributed by atoms with Crippen molar-refractivity contribution in [1.29, 1.82) is 0 Å². The van der Waals surface area contributed by atoms with E-state index in [1.807, 2.05) is 19.9 Å². The Labute approximate surface area is 108 Å². The normalized spacial score (nSPS) is 10.4. The number of methoxy groups -OCH3 is 1. The van der Waals surface area contributed by atoms with Gasteiger partial charge in [0, 0.05) is 12.1 Å². The summed E-state index contributed by atoms with van der Waals surface area (Å²) < 4.78 is 5.11. The number of rotatable bonds is 4. The maximum Gasteiger partial charge on any atom is 0.255 e. The van der Waals surface area contributed by atoms with Gasteiger partial charge in [-0.1, -0.05) is 12.1 Å². The van der Waals surface area contributed by atoms with Crippen molar-refractivity contribution in [3.63, 3.8) is 0 Å². The summed E-state index contributed by atoms with van der Waals surface area (Å²) in [6.07, 6.45) is 0. The molecule has 0 bridgehead atoms. The Morgan fingerprint density at radius 2 is 2.00 bits per heavy atom. The van der Waals surface area contributed by atoms with Gasteiger partial charge in [0.05, 0.1) is 12.7 Å². The van der Waals surface area contributed by atoms with E-state index in [-0.39, 0.29) is 18.3 Å². The molecule has 0 radical (unpaired) electrons. The Morgan fingerprint density at radius 1 is 1.41 bits per heavy atom. The molecule has 0 aliphatic carbocycles. The Kier molecular flexibility index (Phi) is 5.99. The Bertz CT molecular complexity index is 375. The van der Waals surface area contributed by atoms with Crippen molar-refractivity contribution in [3.05, 3.63) is 29.8 Å². The predicted octanol–water partition coefficient (Wildman–Crippen LogP) is 1.58. The third-order valence-corrected chi connectivity index (χ3v) is 2.06. The fourth-order valence-corrected chi connectivity index (χ4v) is 1.24. The lowest BCUT2D eigenvalue weighted by molar-refractivity contribution is 0.0943. The van der Waals surface area contributed by atoms with Crippen molar-refractivity contribution in [2.24, 2.45) is 5.73 Å². The van der Waals surface area contributed by atoms with Crippen LogP contribution in [0.25, 0.3) is 0 Å². The average molecular weight is 259 g/mol. The number of halogens is 1. The maximum atomic E-state index is 11.8. The molecule has 1 rings (SSSR count). The molecule has 0 spiro atoms. The summed E-state index contributed by atoms with van der Waals surface area (Å²) in [5.74, 6) is 0.394. The van der Waals surface area contributed by atoms with Gasteiger partial charge in [0.1, 0.15) is 5.75 Å². The summed E-state index contributed by atoms with van der Waals surface area (Å²) in [5.41, 5.74) is 5.89. The van der Waals surface area contributed by atoms with E-state index in [0.29, 0.717) is 17.9 Å². The van der Waals surface area contributed by atoms with E-state index in [9.17, 15) is 4.79 Å². The minimum absolute atomic E-state index is 0. The van der Waals surface area contributed by atoms with Crippen LogP contribution in [0, 0.1) is 0 Å². The summed E-state index contributed by atoms with van der Waals surface area (Å²) in [5, 5.41) is 2.77. The molecule has 0 aromatic heterocycles. The van der Waals surface area contributed by atoms with Gasteiger partial charge in [-0.05, 0) is 26.0 Å². The van der Waals surface area contributed by atoms with Crippen LogP contribution in [0.15, 0.2) is 24.3 Å². The molecule has 1 aromatic carbocycles. The molecule has 0 aliphatic heterocycles. The highest BCUT2D eigenvalue weighted by molar-refractivity contribution is 5.96. The number of ether oxygens (including phenoxy) is 1. The number of hydrogen-bond donors (Lipinski definition) is 2. The second kappa shape index (κ2) is 6.47. The lowest BCUT2D eigenvalue weighted by atomic mass is 10.1. The van der Waals surface area contributed by atoms with Crippen LogP contribution < -0.4 is 15.8 Å². The third-order valence-electron chi connectivity index (χ3n) is 2.06. The van der Waals surface area contributed by atoms with Crippen LogP contribution in [0.4, 0.5) is 0 Å². The number of nitrogens with two attached hydrogens (primary N) is 1. The molecule has 17 heavy (non-hydrogen) atoms. The fourth-order valence-electron chi connectivity index (χ4n) is 1.24. The molecular weight excluding hydrogens is 240 g/mol. The molecule has 0 heterocycles. The molecule has 5 heteroatoms. The zero-order valence-electron chi connectivity index (χ0n) is 10.3. The molecule has 4 nitrogen and oxygen atoms in total. The quantitative estimate of drug-likeness (QED) is 0.862. The van der Waals surface area contributed by atoms with Crippen LogP contribution in [0.5, 0.6) is 5.75 Å². The lowest BCUT2D eigenvalue weighted by Crippen LogP contribution is -2.45. The largest absolute Gasteiger partial charge is 0.496 e. The van der Waals surface area contributed by atoms with Crippen molar-refractivity contribution in [2.75, 3.05) is 13.7 Å². The van der Waals surface area contributed by atoms with Gasteiger partial charge in [0.2, 0.25) is 0 Å². The Hall–Kier alpha value is -1.26. The highest BCUT2D eigenvalue weighted by atomic mass is 35.5. The summed E-state index contributed by atoms with van der Waals surface area (Å²) in [7, 11) is 1.54. The summed E-state index contributed by atoms with van der Waals surface area (Å²) >= 11 is 0. The van der Waals surface area contributed by atoms with Gasteiger partial charge in [0.15, 0.2) is 0 Å². The van der Waals surface area contributed by atoms with Gasteiger partial charge in [0.25, 0.3) is 5.91 Å². The maximum absolute atomic E-state index is 11.8. The highest BCUT2D eigenvalue weighted by Gasteiger charge is 2.15. The molecule has 1 aromatic rings. The number of nitrogens with one attached hydrogen (secondary N) is 1. The van der Waals surface area contributed by atoms with E-state index in [4.69, 9.17) is 10.5 Å². The molecule has 0 aliphatic rings. The number of carbonyl (C=O) groups excluding carboxylic acids is 1. The van der Waals surface area contributed by atoms with Crippen molar-refractivity contribution in [2.45, 2.75) is 19.4 Å². The lowest BCUT2D eigenvalue weighted by Gasteiger charge is -2.19. The highest BCUT2D eigenvalue weighted by Crippen LogP contribution is 2.16. The van der Waals surface area contributed by atoms with Gasteiger partial charge in [-0.3, -0.25) is 4.79 Å². The third kappa shape index (κ3) is 5.06. The predicted molar refractivity (Wildman–Crippen MR) is 70.8 cm³/mol. The van der Waals surface area contributed by atoms with E-state index in [2.05, 4.69) is 5.32 Å². The first kappa shape index (κ1) is 15.7. The first-order valence-corrected chi connectivity index (χ1v) is 5.14. The SMILES string of the molecule is COc1ccccc1C(=O)NCC(C)(C)N.Cl. The van der Waals surface area contributed by atoms with Crippen molar-refractivity contribution >= 4 is 18.3 Å². The molecule has 1 amide bonds. The number of para-hydroxylation sites is 1. The first-order chi connectivity index (χ1) is 7.44. The summed E-state index contributed by atoms with van der Waals surface area (Å²) in [6.45, 7) is 4.13. The van der Waals surface area contributed by atoms with E-state index in [1.54, 1.807) is 25.3 Å². The molecule has 0 saturated heterocycles. The number of benzene rings is 1. The second-order valence-corrected chi connectivity index (χ2v) is 4.37. The molecular formula is C12H19ClN2O2. The topological polar surface area (TPSA) is 64.3 Å². The molecule has 0 atom stereocenters. The first-order valence-electron chi connectivity index (χ1n) is 5.14. The molecule has 0 unspecified atom stereocenters. The van der Waals surface area contributed by atoms with Crippen LogP contribution in [0.2, 0.25) is 0 Å². The number of carbonyl (C=O) groups is 1. The van der Waals surface area contributed by atoms with E-state index >= 15 is 0 Å². The van der Waals surface area contributed by atoms with E-state index in [0.717, 1.165) is 0 Å². The van der Waals surface area contributed by atoms with Gasteiger partial charge >= 0.3 is 0 Å². The molecule has 0 fully saturated rings. The molecule has 3 N–H and O–H groups in total. The fraction of sp³-hybridized carbons (Fsp3) is 0.417. The van der Waals surface area contributed by atoms with Gasteiger partial charge < -0.3 is 15.8 Å². The number of hydrogen-bond acceptors (Lipinski definition) is 3. The van der Waals surface area contributed by atoms with Crippen molar-refractivity contribution in [3.8, 4) is 5.75 Å². The van der Waals surface area contributed by atoms with Crippen molar-refractivity contribution < 1.29 is 9.53 Å². The monoisotopic (exact) mass is 258 g/mol. The summed E-state index contributed by atoms with van der Waals surface area (Å²) in [6, 6.07) is 7.09. The van der Waals surface area contributed by atoms with Crippen LogP contribution in [0.3, 0.4) is 0 Å². The van der Waals surface area contributed by atoms with Crippen LogP contribution in [-0.4, -0.2) is 25.1 Å². The minimum Gasteiger partial charge on any atom is -0.496 e. The molecule has 0 saturated carbocycles. The minimum atomic E-state index is -0.419. The number of amides is 1. The van der Waals surface area contributed by atoms with E-state index < -0.39 is 5.54 Å². The Balaban J connectivity index is 0.00000256. The van der Waals surface area contributed by atoms with Crippen molar-refractivity contribution in [1.82, 2.24) is 5.32 Å². The second-order valence-electron chi connectivity index (χ2n) is 4.37. The summed E-state index contributed by atoms with van der Waals surface area (Å²) in [4.78, 5) is 11.8.